The van der Waals surface area contributed by atoms with E-state index in [1.54, 1.807) is 0 Å². The van der Waals surface area contributed by atoms with Gasteiger partial charge in [0.25, 0.3) is 5.88 Å². The molecule has 1 aliphatic rings. The summed E-state index contributed by atoms with van der Waals surface area (Å²) in [4.78, 5) is 9.95. The van der Waals surface area contributed by atoms with Crippen molar-refractivity contribution in [1.82, 2.24) is 9.97 Å². The van der Waals surface area contributed by atoms with E-state index < -0.39 is 5.82 Å². The molecule has 2 heterocycles. The first-order valence-corrected chi connectivity index (χ1v) is 7.02. The molecule has 2 rings (SSSR count). The quantitative estimate of drug-likeness (QED) is 0.796. The molecule has 0 saturated carbocycles. The Hall–Kier alpha value is -1.83. The van der Waals surface area contributed by atoms with Crippen LogP contribution in [0.1, 0.15) is 40.0 Å². The minimum atomic E-state index is -0.494. The van der Waals surface area contributed by atoms with Gasteiger partial charge in [-0.3, -0.25) is 0 Å². The zero-order valence-electron chi connectivity index (χ0n) is 12.2. The van der Waals surface area contributed by atoms with Gasteiger partial charge in [-0.1, -0.05) is 12.8 Å². The molecule has 108 valence electrons. The molecule has 1 aromatic rings. The van der Waals surface area contributed by atoms with Crippen molar-refractivity contribution in [2.24, 2.45) is 0 Å². The maximum atomic E-state index is 14.4. The third-order valence-corrected chi connectivity index (χ3v) is 3.52. The first-order chi connectivity index (χ1) is 9.65. The van der Waals surface area contributed by atoms with Gasteiger partial charge in [0.15, 0.2) is 12.4 Å². The highest BCUT2D eigenvalue weighted by Crippen LogP contribution is 2.32. The lowest BCUT2D eigenvalue weighted by atomic mass is 10.2. The fourth-order valence-electron chi connectivity index (χ4n) is 2.52. The first kappa shape index (κ1) is 14.6. The van der Waals surface area contributed by atoms with Crippen LogP contribution in [-0.4, -0.2) is 28.7 Å². The van der Waals surface area contributed by atoms with Crippen LogP contribution < -0.4 is 9.64 Å². The van der Waals surface area contributed by atoms with Crippen LogP contribution in [0.5, 0.6) is 5.88 Å². The SMILES string of the molecule is CCC#CCOc1ncnc(N2C(C)CCC2C)c1F. The van der Waals surface area contributed by atoms with Gasteiger partial charge in [0, 0.05) is 18.5 Å². The molecule has 0 spiro atoms. The molecule has 1 aliphatic heterocycles. The number of hydrogen-bond donors (Lipinski definition) is 0. The van der Waals surface area contributed by atoms with E-state index in [-0.39, 0.29) is 24.6 Å². The van der Waals surface area contributed by atoms with E-state index in [9.17, 15) is 4.39 Å². The lowest BCUT2D eigenvalue weighted by molar-refractivity contribution is 0.330. The van der Waals surface area contributed by atoms with Crippen molar-refractivity contribution in [1.29, 1.82) is 0 Å². The zero-order chi connectivity index (χ0) is 14.5. The van der Waals surface area contributed by atoms with Crippen molar-refractivity contribution in [2.75, 3.05) is 11.5 Å². The van der Waals surface area contributed by atoms with Gasteiger partial charge in [-0.15, -0.1) is 5.92 Å². The van der Waals surface area contributed by atoms with Gasteiger partial charge < -0.3 is 9.64 Å². The number of halogens is 1. The van der Waals surface area contributed by atoms with E-state index in [0.717, 1.165) is 19.3 Å². The van der Waals surface area contributed by atoms with Crippen LogP contribution in [0.2, 0.25) is 0 Å². The number of anilines is 1. The van der Waals surface area contributed by atoms with Crippen LogP contribution in [0.3, 0.4) is 0 Å². The fourth-order valence-corrected chi connectivity index (χ4v) is 2.52. The average Bonchev–Trinajstić information content (AvgIpc) is 2.76. The summed E-state index contributed by atoms with van der Waals surface area (Å²) in [6.07, 6.45) is 4.19. The largest absolute Gasteiger partial charge is 0.462 e. The van der Waals surface area contributed by atoms with Crippen LogP contribution in [0.15, 0.2) is 6.33 Å². The first-order valence-electron chi connectivity index (χ1n) is 7.02. The number of nitrogens with zero attached hydrogens (tertiary/aromatic N) is 3. The molecular formula is C15H20FN3O. The van der Waals surface area contributed by atoms with Crippen molar-refractivity contribution in [3.8, 4) is 17.7 Å². The Labute approximate surface area is 119 Å². The van der Waals surface area contributed by atoms with Gasteiger partial charge in [0.2, 0.25) is 5.82 Å². The lowest BCUT2D eigenvalue weighted by Gasteiger charge is -2.27. The molecule has 1 saturated heterocycles. The average molecular weight is 277 g/mol. The van der Waals surface area contributed by atoms with E-state index in [1.165, 1.54) is 6.33 Å². The van der Waals surface area contributed by atoms with Crippen LogP contribution in [0.4, 0.5) is 10.2 Å². The van der Waals surface area contributed by atoms with Gasteiger partial charge in [0.05, 0.1) is 0 Å². The highest BCUT2D eigenvalue weighted by Gasteiger charge is 2.31. The van der Waals surface area contributed by atoms with Crippen molar-refractivity contribution in [3.63, 3.8) is 0 Å². The predicted octanol–water partition coefficient (Wildman–Crippen LogP) is 2.79. The molecule has 20 heavy (non-hydrogen) atoms. The molecule has 0 aliphatic carbocycles. The predicted molar refractivity (Wildman–Crippen MR) is 76.2 cm³/mol. The Kier molecular flexibility index (Phi) is 4.78. The Morgan fingerprint density at radius 3 is 2.65 bits per heavy atom. The van der Waals surface area contributed by atoms with Crippen LogP contribution in [0, 0.1) is 17.7 Å². The third kappa shape index (κ3) is 3.01. The third-order valence-electron chi connectivity index (χ3n) is 3.52. The van der Waals surface area contributed by atoms with Crippen LogP contribution in [-0.2, 0) is 0 Å². The van der Waals surface area contributed by atoms with Gasteiger partial charge in [0.1, 0.15) is 6.33 Å². The Morgan fingerprint density at radius 1 is 1.30 bits per heavy atom. The molecule has 4 nitrogen and oxygen atoms in total. The zero-order valence-corrected chi connectivity index (χ0v) is 12.2. The summed E-state index contributed by atoms with van der Waals surface area (Å²) in [5.41, 5.74) is 0. The second-order valence-electron chi connectivity index (χ2n) is 4.99. The summed E-state index contributed by atoms with van der Waals surface area (Å²) in [7, 11) is 0. The Bertz CT molecular complexity index is 514. The lowest BCUT2D eigenvalue weighted by Crippen LogP contribution is -2.34. The fraction of sp³-hybridized carbons (Fsp3) is 0.600. The van der Waals surface area contributed by atoms with Crippen molar-refractivity contribution in [3.05, 3.63) is 12.1 Å². The standard InChI is InChI=1S/C15H20FN3O/c1-4-5-6-9-20-15-13(16)14(17-10-18-15)19-11(2)7-8-12(19)3/h10-12H,4,7-9H2,1-3H3. The molecule has 2 atom stereocenters. The van der Waals surface area contributed by atoms with E-state index >= 15 is 0 Å². The van der Waals surface area contributed by atoms with Gasteiger partial charge in [-0.05, 0) is 26.7 Å². The number of rotatable bonds is 3. The molecule has 0 aromatic carbocycles. The molecule has 1 fully saturated rings. The Morgan fingerprint density at radius 2 is 2.00 bits per heavy atom. The van der Waals surface area contributed by atoms with Crippen molar-refractivity contribution < 1.29 is 9.13 Å². The summed E-state index contributed by atoms with van der Waals surface area (Å²) in [5.74, 6) is 5.49. The summed E-state index contributed by atoms with van der Waals surface area (Å²) in [6.45, 7) is 6.26. The molecule has 0 radical (unpaired) electrons. The Balaban J connectivity index is 2.18. The minimum absolute atomic E-state index is 0.0216. The molecule has 0 bridgehead atoms. The summed E-state index contributed by atoms with van der Waals surface area (Å²) in [5, 5.41) is 0. The van der Waals surface area contributed by atoms with Crippen LogP contribution >= 0.6 is 0 Å². The van der Waals surface area contributed by atoms with E-state index in [2.05, 4.69) is 35.7 Å². The summed E-state index contributed by atoms with van der Waals surface area (Å²) < 4.78 is 19.7. The molecule has 2 unspecified atom stereocenters. The van der Waals surface area contributed by atoms with E-state index in [4.69, 9.17) is 4.74 Å². The summed E-state index contributed by atoms with van der Waals surface area (Å²) in [6, 6.07) is 0.560. The second-order valence-corrected chi connectivity index (χ2v) is 4.99. The smallest absolute Gasteiger partial charge is 0.256 e. The molecule has 5 heteroatoms. The summed E-state index contributed by atoms with van der Waals surface area (Å²) >= 11 is 0. The number of aromatic nitrogens is 2. The molecular weight excluding hydrogens is 257 g/mol. The normalized spacial score (nSPS) is 21.5. The van der Waals surface area contributed by atoms with Gasteiger partial charge in [-0.25, -0.2) is 4.98 Å². The van der Waals surface area contributed by atoms with E-state index in [0.29, 0.717) is 5.82 Å². The highest BCUT2D eigenvalue weighted by molar-refractivity contribution is 5.46. The van der Waals surface area contributed by atoms with Gasteiger partial charge in [-0.2, -0.15) is 9.37 Å². The molecule has 0 N–H and O–H groups in total. The maximum Gasteiger partial charge on any atom is 0.256 e. The van der Waals surface area contributed by atoms with Crippen molar-refractivity contribution in [2.45, 2.75) is 52.1 Å². The molecule has 1 aromatic heterocycles. The highest BCUT2D eigenvalue weighted by atomic mass is 19.1. The number of ether oxygens (including phenoxy) is 1. The molecule has 0 amide bonds. The monoisotopic (exact) mass is 277 g/mol. The van der Waals surface area contributed by atoms with Crippen LogP contribution in [0.25, 0.3) is 0 Å². The minimum Gasteiger partial charge on any atom is -0.462 e. The van der Waals surface area contributed by atoms with Gasteiger partial charge >= 0.3 is 0 Å². The maximum absolute atomic E-state index is 14.4. The van der Waals surface area contributed by atoms with E-state index in [1.807, 2.05) is 11.8 Å². The topological polar surface area (TPSA) is 38.3 Å². The number of hydrogen-bond acceptors (Lipinski definition) is 4. The van der Waals surface area contributed by atoms with Crippen molar-refractivity contribution >= 4 is 5.82 Å². The second kappa shape index (κ2) is 6.56.